The first kappa shape index (κ1) is 24.3. The van der Waals surface area contributed by atoms with Crippen molar-refractivity contribution in [2.24, 2.45) is 4.99 Å². The van der Waals surface area contributed by atoms with Crippen molar-refractivity contribution in [1.82, 2.24) is 4.98 Å². The van der Waals surface area contributed by atoms with Crippen LogP contribution in [-0.4, -0.2) is 17.2 Å². The van der Waals surface area contributed by atoms with Crippen molar-refractivity contribution >= 4 is 44.4 Å². The molecule has 8 rings (SSSR count). The predicted molar refractivity (Wildman–Crippen MR) is 176 cm³/mol. The van der Waals surface area contributed by atoms with Gasteiger partial charge in [-0.3, -0.25) is 0 Å². The van der Waals surface area contributed by atoms with Crippen LogP contribution in [0, 0.1) is 0 Å². The molecule has 0 saturated heterocycles. The third kappa shape index (κ3) is 4.15. The summed E-state index contributed by atoms with van der Waals surface area (Å²) in [7, 11) is 0. The van der Waals surface area contributed by atoms with E-state index in [1.165, 1.54) is 16.5 Å². The van der Waals surface area contributed by atoms with Crippen LogP contribution in [0.4, 0.5) is 17.1 Å². The van der Waals surface area contributed by atoms with Gasteiger partial charge in [0, 0.05) is 22.0 Å². The number of benzene rings is 6. The van der Waals surface area contributed by atoms with E-state index in [0.29, 0.717) is 6.54 Å². The molecule has 0 saturated carbocycles. The van der Waals surface area contributed by atoms with Gasteiger partial charge in [-0.2, -0.15) is 0 Å². The number of hydrogen-bond acceptors (Lipinski definition) is 3. The Labute approximate surface area is 245 Å². The summed E-state index contributed by atoms with van der Waals surface area (Å²) in [6, 6.07) is 53.3. The van der Waals surface area contributed by atoms with Crippen molar-refractivity contribution in [3.63, 3.8) is 0 Å². The fourth-order valence-electron chi connectivity index (χ4n) is 6.06. The van der Waals surface area contributed by atoms with Gasteiger partial charge in [0.1, 0.15) is 5.69 Å². The Morgan fingerprint density at radius 3 is 1.90 bits per heavy atom. The first-order chi connectivity index (χ1) is 20.8. The summed E-state index contributed by atoms with van der Waals surface area (Å²) in [6.45, 7) is 0.667. The average molecular weight is 538 g/mol. The lowest BCUT2D eigenvalue weighted by Crippen LogP contribution is -2.29. The van der Waals surface area contributed by atoms with Crippen LogP contribution in [0.1, 0.15) is 5.56 Å². The summed E-state index contributed by atoms with van der Waals surface area (Å²) >= 11 is 0. The van der Waals surface area contributed by atoms with Gasteiger partial charge in [-0.1, -0.05) is 127 Å². The Morgan fingerprint density at radius 2 is 1.14 bits per heavy atom. The molecule has 0 spiro atoms. The van der Waals surface area contributed by atoms with Gasteiger partial charge in [-0.25, -0.2) is 9.98 Å². The van der Waals surface area contributed by atoms with Crippen molar-refractivity contribution < 1.29 is 0 Å². The molecular weight excluding hydrogens is 510 g/mol. The van der Waals surface area contributed by atoms with Gasteiger partial charge in [0.05, 0.1) is 29.2 Å². The minimum absolute atomic E-state index is 0.667. The monoisotopic (exact) mass is 537 g/mol. The first-order valence-electron chi connectivity index (χ1n) is 14.3. The molecule has 198 valence electrons. The van der Waals surface area contributed by atoms with E-state index >= 15 is 0 Å². The molecular formula is C39H27N3. The van der Waals surface area contributed by atoms with E-state index < -0.39 is 0 Å². The second kappa shape index (κ2) is 10.1. The largest absolute Gasteiger partial charge is 0.333 e. The summed E-state index contributed by atoms with van der Waals surface area (Å²) in [5, 5.41) is 3.53. The molecule has 3 nitrogen and oxygen atoms in total. The second-order valence-corrected chi connectivity index (χ2v) is 10.6. The molecule has 3 heteroatoms. The zero-order valence-corrected chi connectivity index (χ0v) is 23.0. The molecule has 7 aromatic rings. The lowest BCUT2D eigenvalue weighted by Gasteiger charge is -2.32. The maximum absolute atomic E-state index is 5.38. The van der Waals surface area contributed by atoms with Crippen LogP contribution in [0.15, 0.2) is 157 Å². The fraction of sp³-hybridized carbons (Fsp3) is 0.0256. The molecule has 6 aromatic carbocycles. The van der Waals surface area contributed by atoms with Gasteiger partial charge in [0.25, 0.3) is 0 Å². The highest BCUT2D eigenvalue weighted by atomic mass is 15.2. The highest BCUT2D eigenvalue weighted by molar-refractivity contribution is 6.15. The molecule has 0 unspecified atom stereocenters. The summed E-state index contributed by atoms with van der Waals surface area (Å²) in [6.07, 6.45) is 0. The molecule has 1 aliphatic rings. The third-order valence-electron chi connectivity index (χ3n) is 8.10. The summed E-state index contributed by atoms with van der Waals surface area (Å²) < 4.78 is 0. The van der Waals surface area contributed by atoms with Crippen molar-refractivity contribution in [1.29, 1.82) is 0 Å². The molecule has 1 aliphatic heterocycles. The smallest absolute Gasteiger partial charge is 0.113 e. The highest BCUT2D eigenvalue weighted by Gasteiger charge is 2.26. The lowest BCUT2D eigenvalue weighted by molar-refractivity contribution is 1.11. The minimum Gasteiger partial charge on any atom is -0.333 e. The van der Waals surface area contributed by atoms with Gasteiger partial charge in [-0.15, -0.1) is 0 Å². The summed E-state index contributed by atoms with van der Waals surface area (Å²) in [5.74, 6) is 0. The van der Waals surface area contributed by atoms with E-state index in [2.05, 4.69) is 150 Å². The average Bonchev–Trinajstić information content (AvgIpc) is 3.08. The van der Waals surface area contributed by atoms with E-state index in [1.54, 1.807) is 0 Å². The van der Waals surface area contributed by atoms with E-state index in [4.69, 9.17) is 9.98 Å². The van der Waals surface area contributed by atoms with Gasteiger partial charge < -0.3 is 4.90 Å². The Kier molecular flexibility index (Phi) is 5.86. The molecule has 0 N–H and O–H groups in total. The number of pyridine rings is 1. The number of fused-ring (bicyclic) bond motifs is 4. The van der Waals surface area contributed by atoms with Crippen LogP contribution in [-0.2, 0) is 0 Å². The van der Waals surface area contributed by atoms with Gasteiger partial charge in [-0.05, 0) is 46.3 Å². The van der Waals surface area contributed by atoms with Crippen molar-refractivity contribution in [2.45, 2.75) is 0 Å². The van der Waals surface area contributed by atoms with Gasteiger partial charge in [0.2, 0.25) is 0 Å². The third-order valence-corrected chi connectivity index (χ3v) is 8.10. The fourth-order valence-corrected chi connectivity index (χ4v) is 6.06. The summed E-state index contributed by atoms with van der Waals surface area (Å²) in [5.41, 5.74) is 10.5. The van der Waals surface area contributed by atoms with Crippen molar-refractivity contribution in [2.75, 3.05) is 11.4 Å². The molecule has 1 aromatic heterocycles. The van der Waals surface area contributed by atoms with Gasteiger partial charge in [0.15, 0.2) is 0 Å². The van der Waals surface area contributed by atoms with Gasteiger partial charge >= 0.3 is 0 Å². The number of aromatic nitrogens is 1. The maximum atomic E-state index is 5.38. The normalized spacial score (nSPS) is 12.8. The maximum Gasteiger partial charge on any atom is 0.113 e. The van der Waals surface area contributed by atoms with E-state index in [9.17, 15) is 0 Å². The van der Waals surface area contributed by atoms with Crippen LogP contribution in [0.25, 0.3) is 44.1 Å². The first-order valence-corrected chi connectivity index (χ1v) is 14.3. The Bertz CT molecular complexity index is 2090. The zero-order chi connectivity index (χ0) is 27.9. The lowest BCUT2D eigenvalue weighted by atomic mass is 9.96. The molecule has 0 aliphatic carbocycles. The number of anilines is 2. The number of hydrogen-bond donors (Lipinski definition) is 0. The number of nitrogens with zero attached hydrogens (tertiary/aromatic N) is 3. The molecule has 0 amide bonds. The Hall–Kier alpha value is -5.54. The Balaban J connectivity index is 1.45. The Morgan fingerprint density at radius 1 is 0.500 bits per heavy atom. The summed E-state index contributed by atoms with van der Waals surface area (Å²) in [4.78, 5) is 13.1. The molecule has 0 bridgehead atoms. The second-order valence-electron chi connectivity index (χ2n) is 10.6. The van der Waals surface area contributed by atoms with E-state index in [0.717, 1.165) is 55.9 Å². The van der Waals surface area contributed by atoms with Crippen LogP contribution in [0.5, 0.6) is 0 Å². The molecule has 0 radical (unpaired) electrons. The number of rotatable bonds is 4. The molecule has 0 fully saturated rings. The van der Waals surface area contributed by atoms with Crippen LogP contribution in [0.3, 0.4) is 0 Å². The minimum atomic E-state index is 0.667. The van der Waals surface area contributed by atoms with Crippen LogP contribution >= 0.6 is 0 Å². The quantitative estimate of drug-likeness (QED) is 0.223. The number of aliphatic imine (C=N–C) groups is 1. The molecule has 42 heavy (non-hydrogen) atoms. The molecule has 2 heterocycles. The molecule has 0 atom stereocenters. The van der Waals surface area contributed by atoms with Crippen LogP contribution in [0.2, 0.25) is 0 Å². The SMILES string of the molecule is c1ccc(C2=Nc3c(ccc4c(-c5ccccc5)cc(-c5ccccc5)nc34)N(c3cccc4ccccc34)C2)cc1. The zero-order valence-electron chi connectivity index (χ0n) is 23.0. The van der Waals surface area contributed by atoms with Crippen molar-refractivity contribution in [3.05, 3.63) is 157 Å². The van der Waals surface area contributed by atoms with Crippen molar-refractivity contribution in [3.8, 4) is 22.4 Å². The highest BCUT2D eigenvalue weighted by Crippen LogP contribution is 2.46. The van der Waals surface area contributed by atoms with Crippen LogP contribution < -0.4 is 4.90 Å². The van der Waals surface area contributed by atoms with E-state index in [-0.39, 0.29) is 0 Å². The van der Waals surface area contributed by atoms with E-state index in [1.807, 2.05) is 6.07 Å². The standard InChI is InChI=1S/C39H27N3/c1-4-13-28(14-5-1)33-25-34(29-16-6-2-7-17-29)40-38-32(33)23-24-37-39(38)41-35(30-18-8-3-9-19-30)26-42(37)36-22-12-20-27-15-10-11-21-31(27)36/h1-25H,26H2. The topological polar surface area (TPSA) is 28.5 Å². The predicted octanol–water partition coefficient (Wildman–Crippen LogP) is 9.99.